The number of phenolic OH excluding ortho intramolecular Hbond substituents is 1. The summed E-state index contributed by atoms with van der Waals surface area (Å²) in [4.78, 5) is 26.8. The molecule has 2 fully saturated rings. The highest BCUT2D eigenvalue weighted by atomic mass is 79.9. The van der Waals surface area contributed by atoms with Crippen LogP contribution in [-0.2, 0) is 14.3 Å². The Morgan fingerprint density at radius 2 is 2.03 bits per heavy atom. The van der Waals surface area contributed by atoms with Gasteiger partial charge in [-0.25, -0.2) is 0 Å². The predicted octanol–water partition coefficient (Wildman–Crippen LogP) is 5.47. The van der Waals surface area contributed by atoms with E-state index >= 15 is 0 Å². The smallest absolute Gasteiger partial charge is 0.233 e. The van der Waals surface area contributed by atoms with Crippen molar-refractivity contribution in [2.24, 2.45) is 17.8 Å². The van der Waals surface area contributed by atoms with Crippen LogP contribution in [0.4, 0.5) is 0 Å². The summed E-state index contributed by atoms with van der Waals surface area (Å²) in [7, 11) is 1.62. The summed E-state index contributed by atoms with van der Waals surface area (Å²) in [6.45, 7) is 4.82. The Balaban J connectivity index is 1.56. The van der Waals surface area contributed by atoms with Crippen LogP contribution in [0.3, 0.4) is 0 Å². The molecule has 5 nitrogen and oxygen atoms in total. The van der Waals surface area contributed by atoms with E-state index < -0.39 is 0 Å². The number of amides is 2. The summed E-state index contributed by atoms with van der Waals surface area (Å²) in [6.07, 6.45) is 7.36. The minimum Gasteiger partial charge on any atom is -0.507 e. The molecule has 172 valence electrons. The van der Waals surface area contributed by atoms with Crippen LogP contribution in [0.1, 0.15) is 57.9 Å². The maximum absolute atomic E-state index is 12.8. The van der Waals surface area contributed by atoms with Crippen molar-refractivity contribution in [2.45, 2.75) is 58.5 Å². The van der Waals surface area contributed by atoms with Crippen LogP contribution in [0.2, 0.25) is 0 Å². The molecule has 2 saturated heterocycles. The number of carbonyl (C=O) groups is 2. The summed E-state index contributed by atoms with van der Waals surface area (Å²) in [6, 6.07) is 5.45. The summed E-state index contributed by atoms with van der Waals surface area (Å²) in [5.74, 6) is -0.229. The first-order valence-electron chi connectivity index (χ1n) is 11.7. The largest absolute Gasteiger partial charge is 0.507 e. The van der Waals surface area contributed by atoms with E-state index in [9.17, 15) is 14.7 Å². The Morgan fingerprint density at radius 1 is 1.25 bits per heavy atom. The Labute approximate surface area is 198 Å². The van der Waals surface area contributed by atoms with Crippen molar-refractivity contribution in [3.63, 3.8) is 0 Å². The van der Waals surface area contributed by atoms with Crippen molar-refractivity contribution >= 4 is 33.8 Å². The van der Waals surface area contributed by atoms with E-state index in [1.807, 2.05) is 12.1 Å². The number of halogens is 1. The quantitative estimate of drug-likeness (QED) is 0.397. The Morgan fingerprint density at radius 3 is 2.75 bits per heavy atom. The van der Waals surface area contributed by atoms with Crippen molar-refractivity contribution in [2.75, 3.05) is 13.7 Å². The molecule has 1 aromatic rings. The molecule has 0 radical (unpaired) electrons. The maximum Gasteiger partial charge on any atom is 0.233 e. The number of hydrogen-bond acceptors (Lipinski definition) is 4. The van der Waals surface area contributed by atoms with Gasteiger partial charge in [-0.3, -0.25) is 14.5 Å². The SMILES string of the molecule is CCCC1=C2[C@@H](CC/C(=C/c3cc(Br)ccc3O)CC)OC[C@@H]2[C@@H]2C(=O)N(C)C(=O)[C@@H]2C1. The lowest BCUT2D eigenvalue weighted by atomic mass is 9.68. The van der Waals surface area contributed by atoms with Gasteiger partial charge in [-0.15, -0.1) is 0 Å². The Bertz CT molecular complexity index is 982. The molecule has 0 bridgehead atoms. The van der Waals surface area contributed by atoms with Gasteiger partial charge in [0, 0.05) is 23.0 Å². The Hall–Kier alpha value is -1.92. The molecule has 32 heavy (non-hydrogen) atoms. The van der Waals surface area contributed by atoms with Crippen LogP contribution in [0, 0.1) is 17.8 Å². The number of hydrogen-bond donors (Lipinski definition) is 1. The van der Waals surface area contributed by atoms with Crippen LogP contribution >= 0.6 is 15.9 Å². The molecule has 2 aliphatic heterocycles. The zero-order chi connectivity index (χ0) is 23.0. The molecule has 4 rings (SSSR count). The molecule has 2 heterocycles. The normalized spacial score (nSPS) is 27.9. The van der Waals surface area contributed by atoms with Crippen molar-refractivity contribution in [1.82, 2.24) is 4.90 Å². The van der Waals surface area contributed by atoms with Crippen molar-refractivity contribution < 1.29 is 19.4 Å². The number of allylic oxidation sites excluding steroid dienone is 2. The lowest BCUT2D eigenvalue weighted by molar-refractivity contribution is -0.138. The van der Waals surface area contributed by atoms with E-state index in [-0.39, 0.29) is 41.4 Å². The van der Waals surface area contributed by atoms with Gasteiger partial charge < -0.3 is 9.84 Å². The third kappa shape index (κ3) is 4.19. The zero-order valence-corrected chi connectivity index (χ0v) is 20.7. The van der Waals surface area contributed by atoms with Crippen molar-refractivity contribution in [1.29, 1.82) is 0 Å². The molecule has 6 heteroatoms. The summed E-state index contributed by atoms with van der Waals surface area (Å²) in [5.41, 5.74) is 4.70. The molecule has 0 aromatic heterocycles. The van der Waals surface area contributed by atoms with Gasteiger partial charge in [-0.1, -0.05) is 53.4 Å². The molecular formula is C26H32BrNO4. The third-order valence-corrected chi connectivity index (χ3v) is 7.80. The molecule has 2 amide bonds. The van der Waals surface area contributed by atoms with Crippen LogP contribution in [-0.4, -0.2) is 41.6 Å². The second kappa shape index (κ2) is 9.52. The van der Waals surface area contributed by atoms with Gasteiger partial charge >= 0.3 is 0 Å². The number of benzene rings is 1. The average Bonchev–Trinajstić information content (AvgIpc) is 3.29. The van der Waals surface area contributed by atoms with Crippen LogP contribution < -0.4 is 0 Å². The third-order valence-electron chi connectivity index (χ3n) is 7.31. The molecule has 3 aliphatic rings. The lowest BCUT2D eigenvalue weighted by Gasteiger charge is -2.32. The molecule has 0 unspecified atom stereocenters. The summed E-state index contributed by atoms with van der Waals surface area (Å²) >= 11 is 3.47. The van der Waals surface area contributed by atoms with E-state index in [0.717, 1.165) is 42.1 Å². The van der Waals surface area contributed by atoms with Gasteiger partial charge in [0.15, 0.2) is 0 Å². The number of likely N-dealkylation sites (tertiary alicyclic amines) is 1. The lowest BCUT2D eigenvalue weighted by Crippen LogP contribution is -2.34. The van der Waals surface area contributed by atoms with E-state index in [1.54, 1.807) is 13.1 Å². The van der Waals surface area contributed by atoms with Crippen LogP contribution in [0.25, 0.3) is 6.08 Å². The minimum atomic E-state index is -0.257. The number of aromatic hydroxyl groups is 1. The number of ether oxygens (including phenoxy) is 1. The van der Waals surface area contributed by atoms with E-state index in [2.05, 4.69) is 35.9 Å². The maximum atomic E-state index is 12.8. The van der Waals surface area contributed by atoms with Gasteiger partial charge in [0.25, 0.3) is 0 Å². The van der Waals surface area contributed by atoms with Crippen LogP contribution in [0.15, 0.2) is 39.4 Å². The highest BCUT2D eigenvalue weighted by Crippen LogP contribution is 2.50. The molecule has 4 atom stereocenters. The van der Waals surface area contributed by atoms with Gasteiger partial charge in [-0.05, 0) is 55.9 Å². The topological polar surface area (TPSA) is 66.8 Å². The molecule has 1 aliphatic carbocycles. The summed E-state index contributed by atoms with van der Waals surface area (Å²) < 4.78 is 7.20. The number of imide groups is 1. The first-order chi connectivity index (χ1) is 15.3. The average molecular weight is 502 g/mol. The summed E-state index contributed by atoms with van der Waals surface area (Å²) in [5, 5.41) is 10.2. The minimum absolute atomic E-state index is 0.00219. The second-order valence-corrected chi connectivity index (χ2v) is 10.1. The van der Waals surface area contributed by atoms with Gasteiger partial charge in [-0.2, -0.15) is 0 Å². The first kappa shape index (κ1) is 23.2. The number of fused-ring (bicyclic) bond motifs is 3. The van der Waals surface area contributed by atoms with Gasteiger partial charge in [0.05, 0.1) is 24.5 Å². The highest BCUT2D eigenvalue weighted by molar-refractivity contribution is 9.10. The van der Waals surface area contributed by atoms with Gasteiger partial charge in [0.2, 0.25) is 11.8 Å². The molecule has 0 saturated carbocycles. The fraction of sp³-hybridized carbons (Fsp3) is 0.538. The predicted molar refractivity (Wildman–Crippen MR) is 128 cm³/mol. The van der Waals surface area contributed by atoms with E-state index in [1.165, 1.54) is 21.6 Å². The monoisotopic (exact) mass is 501 g/mol. The highest BCUT2D eigenvalue weighted by Gasteiger charge is 2.55. The van der Waals surface area contributed by atoms with Crippen molar-refractivity contribution in [3.05, 3.63) is 45.0 Å². The molecule has 0 spiro atoms. The first-order valence-corrected chi connectivity index (χ1v) is 12.5. The Kier molecular flexibility index (Phi) is 6.91. The number of rotatable bonds is 7. The standard InChI is InChI=1S/C26H32BrNO4/c1-4-6-16-13-19-24(26(31)28(3)25(19)30)20-14-32-22(23(16)20)10-7-15(5-2)11-17-12-18(27)8-9-21(17)29/h8-9,11-12,19-20,22,24,29H,4-7,10,13-14H2,1-3H3/b15-11+/t19-,20+,22-,24-/m1/s1. The van der Waals surface area contributed by atoms with E-state index in [0.29, 0.717) is 13.0 Å². The van der Waals surface area contributed by atoms with Crippen LogP contribution in [0.5, 0.6) is 5.75 Å². The fourth-order valence-electron chi connectivity index (χ4n) is 5.70. The molecular weight excluding hydrogens is 470 g/mol. The molecule has 1 N–H and O–H groups in total. The number of carbonyl (C=O) groups excluding carboxylic acids is 2. The second-order valence-electron chi connectivity index (χ2n) is 9.21. The van der Waals surface area contributed by atoms with E-state index in [4.69, 9.17) is 4.74 Å². The number of nitrogens with zero attached hydrogens (tertiary/aromatic N) is 1. The zero-order valence-electron chi connectivity index (χ0n) is 19.1. The fourth-order valence-corrected chi connectivity index (χ4v) is 6.08. The van der Waals surface area contributed by atoms with Gasteiger partial charge in [0.1, 0.15) is 5.75 Å². The number of phenols is 1. The van der Waals surface area contributed by atoms with Crippen molar-refractivity contribution in [3.8, 4) is 5.75 Å². The molecule has 1 aromatic carbocycles.